The number of thiophene rings is 1. The van der Waals surface area contributed by atoms with Gasteiger partial charge < -0.3 is 5.32 Å². The predicted molar refractivity (Wildman–Crippen MR) is 64.3 cm³/mol. The van der Waals surface area contributed by atoms with Crippen molar-refractivity contribution in [1.82, 2.24) is 5.32 Å². The van der Waals surface area contributed by atoms with E-state index in [0.717, 1.165) is 13.1 Å². The van der Waals surface area contributed by atoms with Crippen molar-refractivity contribution < 1.29 is 0 Å². The molecule has 1 aliphatic rings. The van der Waals surface area contributed by atoms with Crippen LogP contribution in [0.3, 0.4) is 0 Å². The van der Waals surface area contributed by atoms with E-state index in [1.165, 1.54) is 16.0 Å². The molecule has 2 heterocycles. The number of hydrogen-bond acceptors (Lipinski definition) is 2. The number of fused-ring (bicyclic) bond motifs is 1. The molecule has 0 amide bonds. The Kier molecular flexibility index (Phi) is 2.31. The van der Waals surface area contributed by atoms with Crippen LogP contribution in [0.1, 0.15) is 21.9 Å². The molecule has 0 bridgehead atoms. The maximum absolute atomic E-state index is 3.49. The summed E-state index contributed by atoms with van der Waals surface area (Å²) >= 11 is 1.86. The fraction of sp³-hybridized carbons (Fsp3) is 0.231. The lowest BCUT2D eigenvalue weighted by Crippen LogP contribution is -2.27. The average molecular weight is 215 g/mol. The molecule has 0 unspecified atom stereocenters. The van der Waals surface area contributed by atoms with Crippen LogP contribution in [0.15, 0.2) is 41.8 Å². The van der Waals surface area contributed by atoms with Gasteiger partial charge in [-0.1, -0.05) is 30.3 Å². The van der Waals surface area contributed by atoms with Crippen LogP contribution in [0.25, 0.3) is 0 Å². The molecule has 0 fully saturated rings. The third-order valence-corrected chi connectivity index (χ3v) is 3.93. The van der Waals surface area contributed by atoms with Gasteiger partial charge in [-0.25, -0.2) is 0 Å². The number of rotatable bonds is 1. The van der Waals surface area contributed by atoms with Crippen LogP contribution in [0.5, 0.6) is 0 Å². The molecule has 1 aliphatic heterocycles. The van der Waals surface area contributed by atoms with Gasteiger partial charge in [0, 0.05) is 23.9 Å². The largest absolute Gasteiger partial charge is 0.311 e. The van der Waals surface area contributed by atoms with Crippen molar-refractivity contribution >= 4 is 11.3 Å². The van der Waals surface area contributed by atoms with E-state index < -0.39 is 0 Å². The van der Waals surface area contributed by atoms with Crippen molar-refractivity contribution in [3.8, 4) is 0 Å². The molecule has 0 radical (unpaired) electrons. The van der Waals surface area contributed by atoms with Crippen LogP contribution in [-0.4, -0.2) is 6.54 Å². The summed E-state index contributed by atoms with van der Waals surface area (Å²) in [6.07, 6.45) is 0. The van der Waals surface area contributed by atoms with Gasteiger partial charge in [0.25, 0.3) is 0 Å². The summed E-state index contributed by atoms with van der Waals surface area (Å²) in [5.74, 6) is 0.543. The smallest absolute Gasteiger partial charge is 0.0303 e. The third kappa shape index (κ3) is 1.60. The molecule has 2 heteroatoms. The van der Waals surface area contributed by atoms with E-state index in [1.54, 1.807) is 0 Å². The van der Waals surface area contributed by atoms with E-state index in [0.29, 0.717) is 5.92 Å². The van der Waals surface area contributed by atoms with Gasteiger partial charge in [-0.2, -0.15) is 0 Å². The molecule has 2 aromatic rings. The topological polar surface area (TPSA) is 12.0 Å². The molecule has 0 aliphatic carbocycles. The summed E-state index contributed by atoms with van der Waals surface area (Å²) < 4.78 is 0. The Hall–Kier alpha value is -1.12. The molecule has 0 spiro atoms. The van der Waals surface area contributed by atoms with Crippen LogP contribution < -0.4 is 5.32 Å². The normalized spacial score (nSPS) is 19.9. The highest BCUT2D eigenvalue weighted by atomic mass is 32.1. The summed E-state index contributed by atoms with van der Waals surface area (Å²) in [6, 6.07) is 13.0. The fourth-order valence-electron chi connectivity index (χ4n) is 2.23. The van der Waals surface area contributed by atoms with Crippen LogP contribution in [0.2, 0.25) is 0 Å². The minimum Gasteiger partial charge on any atom is -0.311 e. The van der Waals surface area contributed by atoms with E-state index in [2.05, 4.69) is 47.1 Å². The molecule has 1 atom stereocenters. The second-order valence-electron chi connectivity index (χ2n) is 3.89. The molecule has 15 heavy (non-hydrogen) atoms. The molecule has 1 aromatic heterocycles. The van der Waals surface area contributed by atoms with Gasteiger partial charge in [-0.3, -0.25) is 0 Å². The van der Waals surface area contributed by atoms with Crippen molar-refractivity contribution in [3.63, 3.8) is 0 Å². The molecule has 1 N–H and O–H groups in total. The van der Waals surface area contributed by atoms with E-state index >= 15 is 0 Å². The quantitative estimate of drug-likeness (QED) is 0.771. The maximum Gasteiger partial charge on any atom is 0.0303 e. The van der Waals surface area contributed by atoms with Gasteiger partial charge in [-0.15, -0.1) is 11.3 Å². The van der Waals surface area contributed by atoms with Gasteiger partial charge in [-0.05, 0) is 22.6 Å². The van der Waals surface area contributed by atoms with Gasteiger partial charge >= 0.3 is 0 Å². The Morgan fingerprint density at radius 1 is 1.13 bits per heavy atom. The average Bonchev–Trinajstić information content (AvgIpc) is 2.78. The van der Waals surface area contributed by atoms with E-state index in [4.69, 9.17) is 0 Å². The Bertz CT molecular complexity index is 447. The number of benzene rings is 1. The summed E-state index contributed by atoms with van der Waals surface area (Å²) in [4.78, 5) is 1.50. The van der Waals surface area contributed by atoms with Crippen molar-refractivity contribution in [3.05, 3.63) is 57.8 Å². The summed E-state index contributed by atoms with van der Waals surface area (Å²) in [6.45, 7) is 2.10. The van der Waals surface area contributed by atoms with Gasteiger partial charge in [0.1, 0.15) is 0 Å². The van der Waals surface area contributed by atoms with Crippen molar-refractivity contribution in [2.75, 3.05) is 6.54 Å². The number of hydrogen-bond donors (Lipinski definition) is 1. The molecular weight excluding hydrogens is 202 g/mol. The SMILES string of the molecule is c1ccc([C@H]2CNCc3sccc32)cc1. The fourth-order valence-corrected chi connectivity index (χ4v) is 3.14. The first-order valence-corrected chi connectivity index (χ1v) is 6.15. The van der Waals surface area contributed by atoms with Crippen LogP contribution in [-0.2, 0) is 6.54 Å². The van der Waals surface area contributed by atoms with Crippen LogP contribution in [0, 0.1) is 0 Å². The highest BCUT2D eigenvalue weighted by Crippen LogP contribution is 2.32. The summed E-state index contributed by atoms with van der Waals surface area (Å²) in [7, 11) is 0. The van der Waals surface area contributed by atoms with Crippen LogP contribution in [0.4, 0.5) is 0 Å². The Balaban J connectivity index is 2.03. The first-order valence-electron chi connectivity index (χ1n) is 5.27. The molecular formula is C13H13NS. The Morgan fingerprint density at radius 3 is 2.87 bits per heavy atom. The second kappa shape index (κ2) is 3.80. The van der Waals surface area contributed by atoms with Crippen LogP contribution >= 0.6 is 11.3 Å². The molecule has 76 valence electrons. The summed E-state index contributed by atoms with van der Waals surface area (Å²) in [5.41, 5.74) is 2.94. The molecule has 1 aromatic carbocycles. The zero-order chi connectivity index (χ0) is 10.1. The monoisotopic (exact) mass is 215 g/mol. The number of nitrogens with one attached hydrogen (secondary N) is 1. The minimum atomic E-state index is 0.543. The zero-order valence-corrected chi connectivity index (χ0v) is 9.26. The second-order valence-corrected chi connectivity index (χ2v) is 4.89. The lowest BCUT2D eigenvalue weighted by Gasteiger charge is -2.23. The lowest BCUT2D eigenvalue weighted by atomic mass is 9.89. The highest BCUT2D eigenvalue weighted by molar-refractivity contribution is 7.10. The molecule has 3 rings (SSSR count). The third-order valence-electron chi connectivity index (χ3n) is 2.99. The Labute approximate surface area is 93.8 Å². The van der Waals surface area contributed by atoms with E-state index in [-0.39, 0.29) is 0 Å². The van der Waals surface area contributed by atoms with E-state index in [1.807, 2.05) is 11.3 Å². The molecule has 0 saturated heterocycles. The predicted octanol–water partition coefficient (Wildman–Crippen LogP) is 2.98. The van der Waals surface area contributed by atoms with Gasteiger partial charge in [0.15, 0.2) is 0 Å². The first kappa shape index (κ1) is 9.13. The summed E-state index contributed by atoms with van der Waals surface area (Å²) in [5, 5.41) is 5.69. The Morgan fingerprint density at radius 2 is 2.00 bits per heavy atom. The lowest BCUT2D eigenvalue weighted by molar-refractivity contribution is 0.600. The standard InChI is InChI=1S/C13H13NS/c1-2-4-10(5-3-1)12-8-14-9-13-11(12)6-7-15-13/h1-7,12,14H,8-9H2/t12-/m1/s1. The maximum atomic E-state index is 3.49. The van der Waals surface area contributed by atoms with Crippen molar-refractivity contribution in [2.24, 2.45) is 0 Å². The zero-order valence-electron chi connectivity index (χ0n) is 8.44. The molecule has 0 saturated carbocycles. The van der Waals surface area contributed by atoms with Crippen molar-refractivity contribution in [2.45, 2.75) is 12.5 Å². The van der Waals surface area contributed by atoms with Crippen molar-refractivity contribution in [1.29, 1.82) is 0 Å². The van der Waals surface area contributed by atoms with Gasteiger partial charge in [0.05, 0.1) is 0 Å². The molecule has 1 nitrogen and oxygen atoms in total. The minimum absolute atomic E-state index is 0.543. The first-order chi connectivity index (χ1) is 7.45. The highest BCUT2D eigenvalue weighted by Gasteiger charge is 2.21. The van der Waals surface area contributed by atoms with Gasteiger partial charge in [0.2, 0.25) is 0 Å². The van der Waals surface area contributed by atoms with E-state index in [9.17, 15) is 0 Å².